The number of rotatable bonds is 8. The SMILES string of the molecule is O=C(O)C1CCC(Oc2ccc(CN3CCC(N4C(=O)N(C5CCOCC5)CC4c4cccc(Cl)c4)CC3)cn2)CC1. The van der Waals surface area contributed by atoms with E-state index in [1.165, 1.54) is 0 Å². The standard InChI is InChI=1S/C32H41ClN4O5/c33-25-3-1-2-24(18-25)29-21-36(26-12-16-41-17-13-26)32(40)37(29)27-10-14-35(15-11-27)20-22-4-9-30(34-19-22)42-28-7-5-23(6-8-28)31(38)39/h1-4,9,18-19,23,26-29H,5-8,10-17,20-21H2,(H,38,39). The molecule has 6 rings (SSSR count). The maximum atomic E-state index is 13.9. The summed E-state index contributed by atoms with van der Waals surface area (Å²) in [6, 6.07) is 12.6. The van der Waals surface area contributed by atoms with Gasteiger partial charge in [-0.3, -0.25) is 9.69 Å². The van der Waals surface area contributed by atoms with E-state index in [4.69, 9.17) is 21.1 Å². The van der Waals surface area contributed by atoms with Gasteiger partial charge in [0.2, 0.25) is 5.88 Å². The van der Waals surface area contributed by atoms with Crippen molar-refractivity contribution in [2.45, 2.75) is 82.1 Å². The Hall–Kier alpha value is -2.88. The molecule has 1 aromatic carbocycles. The van der Waals surface area contributed by atoms with Gasteiger partial charge in [-0.05, 0) is 74.6 Å². The number of aliphatic carboxylic acids is 1. The van der Waals surface area contributed by atoms with Gasteiger partial charge in [-0.15, -0.1) is 0 Å². The predicted molar refractivity (Wildman–Crippen MR) is 159 cm³/mol. The van der Waals surface area contributed by atoms with Crippen LogP contribution in [0.5, 0.6) is 5.88 Å². The second-order valence-corrected chi connectivity index (χ2v) is 12.6. The molecule has 1 N–H and O–H groups in total. The molecule has 1 saturated carbocycles. The topological polar surface area (TPSA) is 95.4 Å². The van der Waals surface area contributed by atoms with Crippen LogP contribution in [0.15, 0.2) is 42.6 Å². The predicted octanol–water partition coefficient (Wildman–Crippen LogP) is 5.38. The fourth-order valence-corrected chi connectivity index (χ4v) is 7.31. The van der Waals surface area contributed by atoms with Crippen LogP contribution in [-0.4, -0.2) is 87.8 Å². The molecule has 226 valence electrons. The first-order chi connectivity index (χ1) is 20.4. The van der Waals surface area contributed by atoms with Crippen LogP contribution in [0.1, 0.15) is 68.5 Å². The molecule has 2 aromatic rings. The van der Waals surface area contributed by atoms with Gasteiger partial charge in [0.25, 0.3) is 0 Å². The van der Waals surface area contributed by atoms with Crippen molar-refractivity contribution in [1.29, 1.82) is 0 Å². The molecular weight excluding hydrogens is 556 g/mol. The maximum absolute atomic E-state index is 13.9. The average Bonchev–Trinajstić information content (AvgIpc) is 3.36. The zero-order valence-electron chi connectivity index (χ0n) is 24.1. The number of carboxylic acids is 1. The van der Waals surface area contributed by atoms with Crippen LogP contribution in [0.2, 0.25) is 5.02 Å². The van der Waals surface area contributed by atoms with Gasteiger partial charge in [0, 0.05) is 68.8 Å². The second kappa shape index (κ2) is 13.2. The number of pyridine rings is 1. The van der Waals surface area contributed by atoms with E-state index in [2.05, 4.69) is 31.8 Å². The number of carbonyl (C=O) groups is 2. The molecule has 0 bridgehead atoms. The van der Waals surface area contributed by atoms with E-state index in [9.17, 15) is 14.7 Å². The lowest BCUT2D eigenvalue weighted by atomic mass is 9.87. The highest BCUT2D eigenvalue weighted by molar-refractivity contribution is 6.30. The minimum Gasteiger partial charge on any atom is -0.481 e. The molecule has 4 aliphatic rings. The highest BCUT2D eigenvalue weighted by atomic mass is 35.5. The Morgan fingerprint density at radius 2 is 1.76 bits per heavy atom. The van der Waals surface area contributed by atoms with Gasteiger partial charge in [-0.25, -0.2) is 9.78 Å². The van der Waals surface area contributed by atoms with Crippen LogP contribution in [-0.2, 0) is 16.1 Å². The minimum atomic E-state index is -0.704. The molecule has 1 atom stereocenters. The number of nitrogens with zero attached hydrogens (tertiary/aromatic N) is 4. The molecule has 10 heteroatoms. The fourth-order valence-electron chi connectivity index (χ4n) is 7.11. The van der Waals surface area contributed by atoms with Crippen molar-refractivity contribution in [1.82, 2.24) is 19.7 Å². The summed E-state index contributed by atoms with van der Waals surface area (Å²) in [6.07, 6.45) is 8.37. The number of aromatic nitrogens is 1. The molecule has 1 aliphatic carbocycles. The summed E-state index contributed by atoms with van der Waals surface area (Å²) in [5.41, 5.74) is 2.24. The summed E-state index contributed by atoms with van der Waals surface area (Å²) >= 11 is 6.38. The smallest absolute Gasteiger partial charge is 0.321 e. The number of hydrogen-bond acceptors (Lipinski definition) is 6. The van der Waals surface area contributed by atoms with Crippen LogP contribution in [0, 0.1) is 5.92 Å². The third-order valence-corrected chi connectivity index (χ3v) is 9.74. The molecule has 1 aromatic heterocycles. The quantitative estimate of drug-likeness (QED) is 0.437. The van der Waals surface area contributed by atoms with Gasteiger partial charge in [-0.2, -0.15) is 0 Å². The van der Waals surface area contributed by atoms with Gasteiger partial charge in [0.05, 0.1) is 12.0 Å². The molecule has 42 heavy (non-hydrogen) atoms. The molecule has 4 heterocycles. The second-order valence-electron chi connectivity index (χ2n) is 12.2. The van der Waals surface area contributed by atoms with Crippen molar-refractivity contribution in [2.24, 2.45) is 5.92 Å². The summed E-state index contributed by atoms with van der Waals surface area (Å²) < 4.78 is 11.6. The number of urea groups is 1. The number of ether oxygens (including phenoxy) is 2. The first-order valence-electron chi connectivity index (χ1n) is 15.4. The number of halogens is 1. The molecule has 0 radical (unpaired) electrons. The van der Waals surface area contributed by atoms with Gasteiger partial charge in [-0.1, -0.05) is 29.8 Å². The maximum Gasteiger partial charge on any atom is 0.321 e. The number of likely N-dealkylation sites (tertiary alicyclic amines) is 1. The van der Waals surface area contributed by atoms with Crippen LogP contribution < -0.4 is 4.74 Å². The molecule has 4 fully saturated rings. The largest absolute Gasteiger partial charge is 0.481 e. The number of amides is 2. The first-order valence-corrected chi connectivity index (χ1v) is 15.8. The molecule has 9 nitrogen and oxygen atoms in total. The molecule has 0 spiro atoms. The third-order valence-electron chi connectivity index (χ3n) is 9.50. The molecule has 3 saturated heterocycles. The van der Waals surface area contributed by atoms with Crippen LogP contribution in [0.25, 0.3) is 0 Å². The Labute approximate surface area is 252 Å². The minimum absolute atomic E-state index is 0.00603. The number of benzene rings is 1. The van der Waals surface area contributed by atoms with E-state index in [1.807, 2.05) is 30.5 Å². The van der Waals surface area contributed by atoms with Crippen molar-refractivity contribution in [3.8, 4) is 5.88 Å². The Kier molecular flexibility index (Phi) is 9.17. The Balaban J connectivity index is 1.04. The zero-order chi connectivity index (χ0) is 29.1. The van der Waals surface area contributed by atoms with E-state index in [-0.39, 0.29) is 36.2 Å². The van der Waals surface area contributed by atoms with E-state index < -0.39 is 5.97 Å². The fraction of sp³-hybridized carbons (Fsp3) is 0.594. The normalized spacial score (nSPS) is 26.5. The number of carbonyl (C=O) groups excluding carboxylic acids is 1. The van der Waals surface area contributed by atoms with Crippen molar-refractivity contribution in [2.75, 3.05) is 32.8 Å². The molecule has 1 unspecified atom stereocenters. The number of piperidine rings is 1. The third kappa shape index (κ3) is 6.68. The van der Waals surface area contributed by atoms with Crippen LogP contribution in [0.3, 0.4) is 0 Å². The summed E-state index contributed by atoms with van der Waals surface area (Å²) in [6.45, 7) is 4.77. The zero-order valence-corrected chi connectivity index (χ0v) is 24.8. The molecule has 2 amide bonds. The lowest BCUT2D eigenvalue weighted by molar-refractivity contribution is -0.143. The van der Waals surface area contributed by atoms with E-state index in [1.54, 1.807) is 0 Å². The Morgan fingerprint density at radius 3 is 2.43 bits per heavy atom. The number of carboxylic acid groups (broad SMARTS) is 1. The van der Waals surface area contributed by atoms with Gasteiger partial charge >= 0.3 is 12.0 Å². The Morgan fingerprint density at radius 1 is 1.00 bits per heavy atom. The average molecular weight is 597 g/mol. The lowest BCUT2D eigenvalue weighted by Crippen LogP contribution is -2.48. The van der Waals surface area contributed by atoms with Crippen molar-refractivity contribution >= 4 is 23.6 Å². The van der Waals surface area contributed by atoms with Gasteiger partial charge in [0.1, 0.15) is 6.10 Å². The van der Waals surface area contributed by atoms with E-state index in [0.717, 1.165) is 69.3 Å². The Bertz CT molecular complexity index is 1220. The van der Waals surface area contributed by atoms with Crippen molar-refractivity contribution < 1.29 is 24.2 Å². The van der Waals surface area contributed by atoms with Crippen LogP contribution >= 0.6 is 11.6 Å². The van der Waals surface area contributed by atoms with Gasteiger partial charge < -0.3 is 24.4 Å². The van der Waals surface area contributed by atoms with E-state index >= 15 is 0 Å². The van der Waals surface area contributed by atoms with Crippen molar-refractivity contribution in [3.05, 3.63) is 58.7 Å². The van der Waals surface area contributed by atoms with E-state index in [0.29, 0.717) is 43.5 Å². The molecular formula is C32H41ClN4O5. The molecule has 3 aliphatic heterocycles. The summed E-state index contributed by atoms with van der Waals surface area (Å²) in [5, 5.41) is 9.91. The lowest BCUT2D eigenvalue weighted by Gasteiger charge is -2.39. The monoisotopic (exact) mass is 596 g/mol. The summed E-state index contributed by atoms with van der Waals surface area (Å²) in [5.74, 6) is -0.351. The van der Waals surface area contributed by atoms with Crippen molar-refractivity contribution in [3.63, 3.8) is 0 Å². The first kappa shape index (κ1) is 29.2. The summed E-state index contributed by atoms with van der Waals surface area (Å²) in [7, 11) is 0. The summed E-state index contributed by atoms with van der Waals surface area (Å²) in [4.78, 5) is 36.3. The number of hydrogen-bond donors (Lipinski definition) is 1. The highest BCUT2D eigenvalue weighted by Gasteiger charge is 2.45. The van der Waals surface area contributed by atoms with Gasteiger partial charge in [0.15, 0.2) is 0 Å². The van der Waals surface area contributed by atoms with Crippen LogP contribution in [0.4, 0.5) is 4.79 Å². The highest BCUT2D eigenvalue weighted by Crippen LogP contribution is 2.38.